The molecule has 126 valence electrons. The van der Waals surface area contributed by atoms with Crippen LogP contribution in [0.1, 0.15) is 48.0 Å². The van der Waals surface area contributed by atoms with E-state index >= 15 is 0 Å². The zero-order valence-corrected chi connectivity index (χ0v) is 15.4. The van der Waals surface area contributed by atoms with E-state index in [1.54, 1.807) is 0 Å². The zero-order valence-electron chi connectivity index (χ0n) is 15.4. The molecule has 0 radical (unpaired) electrons. The molecule has 0 aliphatic heterocycles. The van der Waals surface area contributed by atoms with Gasteiger partial charge in [-0.25, -0.2) is 0 Å². The van der Waals surface area contributed by atoms with E-state index < -0.39 is 6.29 Å². The second kappa shape index (κ2) is 10.6. The van der Waals surface area contributed by atoms with Crippen LogP contribution in [0.15, 0.2) is 24.3 Å². The molecule has 1 unspecified atom stereocenters. The second-order valence-corrected chi connectivity index (χ2v) is 6.31. The van der Waals surface area contributed by atoms with E-state index in [-0.39, 0.29) is 5.54 Å². The molecule has 3 heteroatoms. The van der Waals surface area contributed by atoms with Crippen LogP contribution in [0.2, 0.25) is 0 Å². The van der Waals surface area contributed by atoms with E-state index in [1.807, 2.05) is 19.9 Å². The van der Waals surface area contributed by atoms with Gasteiger partial charge in [-0.05, 0) is 60.9 Å². The van der Waals surface area contributed by atoms with Gasteiger partial charge in [0.2, 0.25) is 6.29 Å². The van der Waals surface area contributed by atoms with Gasteiger partial charge in [-0.1, -0.05) is 24.7 Å². The van der Waals surface area contributed by atoms with Crippen LogP contribution < -0.4 is 0 Å². The third-order valence-electron chi connectivity index (χ3n) is 3.50. The van der Waals surface area contributed by atoms with Gasteiger partial charge in [-0.15, -0.1) is 0 Å². The summed E-state index contributed by atoms with van der Waals surface area (Å²) in [4.78, 5) is 2.37. The minimum atomic E-state index is -0.467. The van der Waals surface area contributed by atoms with Crippen LogP contribution in [0, 0.1) is 11.8 Å². The van der Waals surface area contributed by atoms with E-state index in [0.717, 1.165) is 12.0 Å². The fourth-order valence-electron chi connectivity index (χ4n) is 1.85. The van der Waals surface area contributed by atoms with Crippen molar-refractivity contribution < 1.29 is 9.47 Å². The fraction of sp³-hybridized carbons (Fsp3) is 0.684. The van der Waals surface area contributed by atoms with Crippen molar-refractivity contribution >= 4 is 0 Å². The highest BCUT2D eigenvalue weighted by atomic mass is 16.7. The van der Waals surface area contributed by atoms with E-state index in [4.69, 9.17) is 9.47 Å². The van der Waals surface area contributed by atoms with Crippen LogP contribution in [-0.2, 0) is 9.47 Å². The van der Waals surface area contributed by atoms with E-state index in [2.05, 4.69) is 64.1 Å². The monoisotopic (exact) mass is 307 g/mol. The first kappa shape index (κ1) is 20.9. The number of hydrogen-bond acceptors (Lipinski definition) is 3. The molecule has 0 saturated carbocycles. The molecule has 0 aromatic rings. The Bertz CT molecular complexity index is 403. The Morgan fingerprint density at radius 1 is 1.23 bits per heavy atom. The standard InChI is InChI=1S/C19H33NO2/c1-9-21-18(22-10-2)15-14-16(3)12-11-13-17(4)20(8)19(5,6)7/h11-12,17-18H,3,9-10,13H2,1-2,4-8H3/b12-11-. The number of ether oxygens (including phenoxy) is 2. The van der Waals surface area contributed by atoms with Crippen LogP contribution in [0.3, 0.4) is 0 Å². The van der Waals surface area contributed by atoms with Gasteiger partial charge in [0.15, 0.2) is 0 Å². The Kier molecular flexibility index (Phi) is 10.1. The molecule has 0 fully saturated rings. The van der Waals surface area contributed by atoms with Crippen molar-refractivity contribution in [3.63, 3.8) is 0 Å². The SMILES string of the molecule is C=C(C#CC(OCC)OCC)/C=C\CC(C)N(C)C(C)(C)C. The lowest BCUT2D eigenvalue weighted by Crippen LogP contribution is -2.43. The highest BCUT2D eigenvalue weighted by Gasteiger charge is 2.20. The Balaban J connectivity index is 4.43. The van der Waals surface area contributed by atoms with Crippen molar-refractivity contribution in [3.05, 3.63) is 24.3 Å². The Morgan fingerprint density at radius 2 is 1.77 bits per heavy atom. The molecule has 0 aromatic heterocycles. The van der Waals surface area contributed by atoms with Gasteiger partial charge in [0, 0.05) is 30.4 Å². The lowest BCUT2D eigenvalue weighted by molar-refractivity contribution is -0.0969. The van der Waals surface area contributed by atoms with Crippen molar-refractivity contribution in [2.45, 2.75) is 65.8 Å². The summed E-state index contributed by atoms with van der Waals surface area (Å²) in [7, 11) is 2.15. The summed E-state index contributed by atoms with van der Waals surface area (Å²) in [5.41, 5.74) is 0.946. The Morgan fingerprint density at radius 3 is 2.23 bits per heavy atom. The maximum Gasteiger partial charge on any atom is 0.222 e. The minimum Gasteiger partial charge on any atom is -0.342 e. The molecule has 0 N–H and O–H groups in total. The predicted octanol–water partition coefficient (Wildman–Crippen LogP) is 4.01. The first-order valence-electron chi connectivity index (χ1n) is 8.05. The van der Waals surface area contributed by atoms with Crippen LogP contribution >= 0.6 is 0 Å². The molecular formula is C19H33NO2. The van der Waals surface area contributed by atoms with Crippen LogP contribution in [0.4, 0.5) is 0 Å². The van der Waals surface area contributed by atoms with Crippen molar-refractivity contribution in [2.75, 3.05) is 20.3 Å². The number of nitrogens with zero attached hydrogens (tertiary/aromatic N) is 1. The zero-order chi connectivity index (χ0) is 17.2. The van der Waals surface area contributed by atoms with Crippen molar-refractivity contribution in [2.24, 2.45) is 0 Å². The summed E-state index contributed by atoms with van der Waals surface area (Å²) in [5, 5.41) is 0. The molecule has 1 atom stereocenters. The topological polar surface area (TPSA) is 21.7 Å². The summed E-state index contributed by atoms with van der Waals surface area (Å²) in [5.74, 6) is 5.94. The summed E-state index contributed by atoms with van der Waals surface area (Å²) >= 11 is 0. The number of allylic oxidation sites excluding steroid dienone is 2. The molecule has 0 rings (SSSR count). The Labute approximate surface area is 137 Å². The van der Waals surface area contributed by atoms with Crippen LogP contribution in [0.5, 0.6) is 0 Å². The van der Waals surface area contributed by atoms with Gasteiger partial charge in [0.05, 0.1) is 0 Å². The van der Waals surface area contributed by atoms with Crippen molar-refractivity contribution in [1.29, 1.82) is 0 Å². The first-order valence-corrected chi connectivity index (χ1v) is 8.05. The van der Waals surface area contributed by atoms with Gasteiger partial charge >= 0.3 is 0 Å². The predicted molar refractivity (Wildman–Crippen MR) is 94.7 cm³/mol. The maximum atomic E-state index is 5.38. The molecule has 0 saturated heterocycles. The summed E-state index contributed by atoms with van der Waals surface area (Å²) < 4.78 is 10.8. The maximum absolute atomic E-state index is 5.38. The molecule has 0 aliphatic carbocycles. The van der Waals surface area contributed by atoms with E-state index in [9.17, 15) is 0 Å². The molecule has 0 heterocycles. The molecule has 0 amide bonds. The Hall–Kier alpha value is -1.08. The van der Waals surface area contributed by atoms with Crippen LogP contribution in [0.25, 0.3) is 0 Å². The molecule has 0 aliphatic rings. The fourth-order valence-corrected chi connectivity index (χ4v) is 1.85. The molecule has 0 spiro atoms. The average molecular weight is 307 g/mol. The van der Waals surface area contributed by atoms with E-state index in [1.165, 1.54) is 0 Å². The summed E-state index contributed by atoms with van der Waals surface area (Å²) in [6.07, 6.45) is 4.59. The quantitative estimate of drug-likeness (QED) is 0.384. The van der Waals surface area contributed by atoms with Gasteiger partial charge in [0.25, 0.3) is 0 Å². The largest absolute Gasteiger partial charge is 0.342 e. The highest BCUT2D eigenvalue weighted by Crippen LogP contribution is 2.16. The molecular weight excluding hydrogens is 274 g/mol. The third-order valence-corrected chi connectivity index (χ3v) is 3.50. The average Bonchev–Trinajstić information content (AvgIpc) is 2.43. The summed E-state index contributed by atoms with van der Waals surface area (Å²) in [6.45, 7) is 17.9. The lowest BCUT2D eigenvalue weighted by atomic mass is 10.0. The van der Waals surface area contributed by atoms with E-state index in [0.29, 0.717) is 19.3 Å². The third kappa shape index (κ3) is 9.04. The van der Waals surface area contributed by atoms with Gasteiger partial charge in [-0.3, -0.25) is 4.90 Å². The smallest absolute Gasteiger partial charge is 0.222 e. The lowest BCUT2D eigenvalue weighted by Gasteiger charge is -2.36. The van der Waals surface area contributed by atoms with Gasteiger partial charge in [-0.2, -0.15) is 0 Å². The second-order valence-electron chi connectivity index (χ2n) is 6.31. The van der Waals surface area contributed by atoms with Crippen molar-refractivity contribution in [1.82, 2.24) is 4.90 Å². The molecule has 0 bridgehead atoms. The first-order chi connectivity index (χ1) is 10.2. The van der Waals surface area contributed by atoms with Gasteiger partial charge in [0.1, 0.15) is 0 Å². The van der Waals surface area contributed by atoms with Crippen molar-refractivity contribution in [3.8, 4) is 11.8 Å². The summed E-state index contributed by atoms with van der Waals surface area (Å²) in [6, 6.07) is 0.469. The molecule has 22 heavy (non-hydrogen) atoms. The highest BCUT2D eigenvalue weighted by molar-refractivity contribution is 5.35. The minimum absolute atomic E-state index is 0.173. The number of hydrogen-bond donors (Lipinski definition) is 0. The normalized spacial score (nSPS) is 13.5. The molecule has 0 aromatic carbocycles. The number of rotatable bonds is 8. The van der Waals surface area contributed by atoms with Crippen LogP contribution in [-0.4, -0.2) is 43.0 Å². The van der Waals surface area contributed by atoms with Gasteiger partial charge < -0.3 is 9.47 Å². The molecule has 3 nitrogen and oxygen atoms in total.